The number of hydrogen-bond acceptors (Lipinski definition) is 6. The van der Waals surface area contributed by atoms with Crippen molar-refractivity contribution in [1.82, 2.24) is 15.5 Å². The number of nitrogens with zero attached hydrogens (tertiary/aromatic N) is 2. The smallest absolute Gasteiger partial charge is 0.258 e. The number of hydrogen-bond donors (Lipinski definition) is 1. The zero-order valence-corrected chi connectivity index (χ0v) is 12.4. The highest BCUT2D eigenvalue weighted by Crippen LogP contribution is 2.20. The van der Waals surface area contributed by atoms with Gasteiger partial charge in [0.1, 0.15) is 11.5 Å². The van der Waals surface area contributed by atoms with E-state index in [2.05, 4.69) is 15.5 Å². The summed E-state index contributed by atoms with van der Waals surface area (Å²) in [4.78, 5) is 11.9. The second-order valence-corrected chi connectivity index (χ2v) is 4.86. The normalized spacial score (nSPS) is 11.9. The highest BCUT2D eigenvalue weighted by Gasteiger charge is 2.12. The molecule has 0 aliphatic carbocycles. The van der Waals surface area contributed by atoms with Gasteiger partial charge >= 0.3 is 0 Å². The van der Waals surface area contributed by atoms with Crippen LogP contribution in [0.2, 0.25) is 0 Å². The first kappa shape index (κ1) is 14.8. The van der Waals surface area contributed by atoms with Crippen LogP contribution >= 0.6 is 0 Å². The van der Waals surface area contributed by atoms with Gasteiger partial charge in [0.15, 0.2) is 6.61 Å². The van der Waals surface area contributed by atoms with Crippen LogP contribution in [0.1, 0.15) is 18.7 Å². The average molecular weight is 313 g/mol. The molecule has 0 aliphatic rings. The maximum Gasteiger partial charge on any atom is 0.258 e. The maximum absolute atomic E-state index is 11.9. The first-order chi connectivity index (χ1) is 11.2. The number of aromatic nitrogens is 2. The van der Waals surface area contributed by atoms with E-state index in [0.717, 1.165) is 5.56 Å². The summed E-state index contributed by atoms with van der Waals surface area (Å²) < 4.78 is 15.8. The molecule has 7 heteroatoms. The molecule has 2 heterocycles. The lowest BCUT2D eigenvalue weighted by Crippen LogP contribution is -2.31. The summed E-state index contributed by atoms with van der Waals surface area (Å²) in [6.45, 7) is 1.76. The van der Waals surface area contributed by atoms with Gasteiger partial charge in [0.05, 0.1) is 12.3 Å². The Morgan fingerprint density at radius 2 is 2.09 bits per heavy atom. The summed E-state index contributed by atoms with van der Waals surface area (Å²) in [5.41, 5.74) is 0.783. The Bertz CT molecular complexity index is 736. The fourth-order valence-corrected chi connectivity index (χ4v) is 2.03. The number of rotatable bonds is 6. The van der Waals surface area contributed by atoms with E-state index in [-0.39, 0.29) is 18.6 Å². The molecule has 1 atom stereocenters. The van der Waals surface area contributed by atoms with Crippen molar-refractivity contribution < 1.29 is 18.4 Å². The minimum atomic E-state index is -0.227. The molecule has 1 aromatic carbocycles. The van der Waals surface area contributed by atoms with E-state index in [1.54, 1.807) is 36.6 Å². The number of ether oxygens (including phenoxy) is 1. The zero-order chi connectivity index (χ0) is 16.1. The number of benzene rings is 1. The lowest BCUT2D eigenvalue weighted by molar-refractivity contribution is -0.123. The SMILES string of the molecule is C[C@@H](NC(=O)COc1ccc(-c2nnco2)cc1)c1ccco1. The van der Waals surface area contributed by atoms with Gasteiger partial charge in [-0.25, -0.2) is 0 Å². The molecule has 1 N–H and O–H groups in total. The molecule has 2 aromatic heterocycles. The largest absolute Gasteiger partial charge is 0.484 e. The van der Waals surface area contributed by atoms with E-state index in [1.807, 2.05) is 13.0 Å². The van der Waals surface area contributed by atoms with E-state index >= 15 is 0 Å². The monoisotopic (exact) mass is 313 g/mol. The van der Waals surface area contributed by atoms with Crippen LogP contribution in [0.4, 0.5) is 0 Å². The van der Waals surface area contributed by atoms with Crippen molar-refractivity contribution in [3.05, 3.63) is 54.8 Å². The van der Waals surface area contributed by atoms with E-state index in [4.69, 9.17) is 13.6 Å². The van der Waals surface area contributed by atoms with Crippen molar-refractivity contribution in [2.75, 3.05) is 6.61 Å². The predicted octanol–water partition coefficient (Wildman–Crippen LogP) is 2.59. The minimum absolute atomic E-state index is 0.0784. The van der Waals surface area contributed by atoms with Crippen LogP contribution in [-0.2, 0) is 4.79 Å². The van der Waals surface area contributed by atoms with Gasteiger partial charge in [0.2, 0.25) is 12.3 Å². The highest BCUT2D eigenvalue weighted by atomic mass is 16.5. The van der Waals surface area contributed by atoms with Gasteiger partial charge in [-0.2, -0.15) is 0 Å². The quantitative estimate of drug-likeness (QED) is 0.752. The van der Waals surface area contributed by atoms with Crippen LogP contribution in [0.3, 0.4) is 0 Å². The second-order valence-electron chi connectivity index (χ2n) is 4.86. The van der Waals surface area contributed by atoms with Crippen molar-refractivity contribution in [1.29, 1.82) is 0 Å². The van der Waals surface area contributed by atoms with Crippen molar-refractivity contribution in [3.63, 3.8) is 0 Å². The molecule has 0 saturated heterocycles. The van der Waals surface area contributed by atoms with Crippen LogP contribution in [0.15, 0.2) is 57.9 Å². The third-order valence-electron chi connectivity index (χ3n) is 3.18. The topological polar surface area (TPSA) is 90.4 Å². The Kier molecular flexibility index (Phi) is 4.37. The van der Waals surface area contributed by atoms with Crippen LogP contribution in [0.5, 0.6) is 5.75 Å². The molecule has 0 bridgehead atoms. The number of nitrogens with one attached hydrogen (secondary N) is 1. The number of carbonyl (C=O) groups excluding carboxylic acids is 1. The Labute approximate surface area is 132 Å². The fraction of sp³-hybridized carbons (Fsp3) is 0.188. The molecular weight excluding hydrogens is 298 g/mol. The Morgan fingerprint density at radius 1 is 1.26 bits per heavy atom. The van der Waals surface area contributed by atoms with E-state index in [1.165, 1.54) is 6.39 Å². The molecule has 0 saturated carbocycles. The first-order valence-electron chi connectivity index (χ1n) is 7.04. The van der Waals surface area contributed by atoms with Crippen LogP contribution in [0.25, 0.3) is 11.5 Å². The van der Waals surface area contributed by atoms with Crippen molar-refractivity contribution in [3.8, 4) is 17.2 Å². The van der Waals surface area contributed by atoms with E-state index in [0.29, 0.717) is 17.4 Å². The predicted molar refractivity (Wildman–Crippen MR) is 80.5 cm³/mol. The van der Waals surface area contributed by atoms with Gasteiger partial charge in [-0.1, -0.05) is 0 Å². The molecular formula is C16H15N3O4. The Morgan fingerprint density at radius 3 is 2.74 bits per heavy atom. The lowest BCUT2D eigenvalue weighted by atomic mass is 10.2. The molecule has 0 radical (unpaired) electrons. The minimum Gasteiger partial charge on any atom is -0.484 e. The summed E-state index contributed by atoms with van der Waals surface area (Å²) in [7, 11) is 0. The molecule has 3 aromatic rings. The van der Waals surface area contributed by atoms with E-state index in [9.17, 15) is 4.79 Å². The van der Waals surface area contributed by atoms with Gasteiger partial charge in [-0.15, -0.1) is 10.2 Å². The third-order valence-corrected chi connectivity index (χ3v) is 3.18. The Hall–Kier alpha value is -3.09. The first-order valence-corrected chi connectivity index (χ1v) is 7.04. The fourth-order valence-electron chi connectivity index (χ4n) is 2.03. The lowest BCUT2D eigenvalue weighted by Gasteiger charge is -2.12. The average Bonchev–Trinajstić information content (AvgIpc) is 3.26. The van der Waals surface area contributed by atoms with Crippen molar-refractivity contribution in [2.24, 2.45) is 0 Å². The molecule has 0 spiro atoms. The standard InChI is InChI=1S/C16H15N3O4/c1-11(14-3-2-8-21-14)18-15(20)9-22-13-6-4-12(5-7-13)16-19-17-10-23-16/h2-8,10-11H,9H2,1H3,(H,18,20)/t11-/m1/s1. The number of amides is 1. The zero-order valence-electron chi connectivity index (χ0n) is 12.4. The van der Waals surface area contributed by atoms with Gasteiger partial charge in [0.25, 0.3) is 5.91 Å². The summed E-state index contributed by atoms with van der Waals surface area (Å²) in [5.74, 6) is 1.48. The number of carbonyl (C=O) groups is 1. The number of furan rings is 1. The molecule has 0 fully saturated rings. The molecule has 23 heavy (non-hydrogen) atoms. The summed E-state index contributed by atoms with van der Waals surface area (Å²) >= 11 is 0. The van der Waals surface area contributed by atoms with E-state index < -0.39 is 0 Å². The van der Waals surface area contributed by atoms with Gasteiger partial charge in [0, 0.05) is 5.56 Å². The summed E-state index contributed by atoms with van der Waals surface area (Å²) in [5, 5.41) is 10.2. The van der Waals surface area contributed by atoms with Crippen LogP contribution < -0.4 is 10.1 Å². The van der Waals surface area contributed by atoms with Gasteiger partial charge in [-0.3, -0.25) is 4.79 Å². The molecule has 7 nitrogen and oxygen atoms in total. The summed E-state index contributed by atoms with van der Waals surface area (Å²) in [6.07, 6.45) is 2.84. The van der Waals surface area contributed by atoms with Crippen molar-refractivity contribution >= 4 is 5.91 Å². The van der Waals surface area contributed by atoms with Crippen LogP contribution in [-0.4, -0.2) is 22.7 Å². The summed E-state index contributed by atoms with van der Waals surface area (Å²) in [6, 6.07) is 10.4. The highest BCUT2D eigenvalue weighted by molar-refractivity contribution is 5.77. The molecule has 1 amide bonds. The Balaban J connectivity index is 1.51. The van der Waals surface area contributed by atoms with Crippen molar-refractivity contribution in [2.45, 2.75) is 13.0 Å². The maximum atomic E-state index is 11.9. The molecule has 0 aliphatic heterocycles. The molecule has 3 rings (SSSR count). The molecule has 0 unspecified atom stereocenters. The second kappa shape index (κ2) is 6.78. The molecule has 118 valence electrons. The third kappa shape index (κ3) is 3.76. The van der Waals surface area contributed by atoms with Crippen LogP contribution in [0, 0.1) is 0 Å². The van der Waals surface area contributed by atoms with Gasteiger partial charge in [-0.05, 0) is 43.3 Å². The van der Waals surface area contributed by atoms with Gasteiger partial charge < -0.3 is 18.9 Å².